The molecule has 4 rings (SSSR count). The zero-order valence-corrected chi connectivity index (χ0v) is 19.8. The summed E-state index contributed by atoms with van der Waals surface area (Å²) in [6.45, 7) is 4.62. The molecule has 6 nitrogen and oxygen atoms in total. The number of aryl methyl sites for hydroxylation is 1. The number of nitrogens with zero attached hydrogens (tertiary/aromatic N) is 3. The molecule has 1 aliphatic rings. The fraction of sp³-hybridized carbons (Fsp3) is 0.393. The predicted molar refractivity (Wildman–Crippen MR) is 133 cm³/mol. The highest BCUT2D eigenvalue weighted by molar-refractivity contribution is 5.43. The molecule has 0 unspecified atom stereocenters. The SMILES string of the molecule is C#CCOC[C@@H](O)CN(Cc1c(CC)nn(-c2ccccc2)c1Oc1ccccc1)CC1CC1. The number of rotatable bonds is 13. The van der Waals surface area contributed by atoms with Gasteiger partial charge < -0.3 is 14.6 Å². The van der Waals surface area contributed by atoms with Crippen molar-refractivity contribution in [2.24, 2.45) is 5.92 Å². The molecule has 1 saturated carbocycles. The molecule has 1 N–H and O–H groups in total. The molecule has 0 amide bonds. The molecule has 0 radical (unpaired) electrons. The van der Waals surface area contributed by atoms with E-state index in [1.54, 1.807) is 0 Å². The molecule has 6 heteroatoms. The summed E-state index contributed by atoms with van der Waals surface area (Å²) in [4.78, 5) is 2.30. The summed E-state index contributed by atoms with van der Waals surface area (Å²) in [5, 5.41) is 15.5. The minimum atomic E-state index is -0.611. The fourth-order valence-electron chi connectivity index (χ4n) is 4.07. The van der Waals surface area contributed by atoms with Crippen molar-refractivity contribution in [3.05, 3.63) is 71.9 Å². The Balaban J connectivity index is 1.65. The van der Waals surface area contributed by atoms with Crippen molar-refractivity contribution in [3.8, 4) is 29.7 Å². The van der Waals surface area contributed by atoms with E-state index in [1.165, 1.54) is 12.8 Å². The summed E-state index contributed by atoms with van der Waals surface area (Å²) in [5.41, 5.74) is 2.99. The Labute approximate surface area is 202 Å². The van der Waals surface area contributed by atoms with Crippen LogP contribution in [0.5, 0.6) is 11.6 Å². The Bertz CT molecular complexity index is 1070. The van der Waals surface area contributed by atoms with E-state index in [4.69, 9.17) is 21.0 Å². The zero-order chi connectivity index (χ0) is 23.8. The molecule has 178 valence electrons. The molecule has 34 heavy (non-hydrogen) atoms. The third-order valence-electron chi connectivity index (χ3n) is 5.87. The fourth-order valence-corrected chi connectivity index (χ4v) is 4.07. The smallest absolute Gasteiger partial charge is 0.227 e. The molecule has 1 fully saturated rings. The van der Waals surface area contributed by atoms with Crippen LogP contribution >= 0.6 is 0 Å². The summed E-state index contributed by atoms with van der Waals surface area (Å²) in [7, 11) is 0. The number of aliphatic hydroxyl groups excluding tert-OH is 1. The van der Waals surface area contributed by atoms with Crippen molar-refractivity contribution < 1.29 is 14.6 Å². The standard InChI is InChI=1S/C28H33N3O3/c1-3-17-33-21-24(32)19-30(18-22-15-16-22)20-26-27(4-2)29-31(23-11-7-5-8-12-23)28(26)34-25-13-9-6-10-14-25/h1,5-14,22,24,32H,4,15-21H2,2H3/t24-/m0/s1. The summed E-state index contributed by atoms with van der Waals surface area (Å²) in [5.74, 6) is 4.60. The minimum absolute atomic E-state index is 0.207. The van der Waals surface area contributed by atoms with Gasteiger partial charge in [0.25, 0.3) is 0 Å². The second-order valence-electron chi connectivity index (χ2n) is 8.76. The number of aromatic nitrogens is 2. The van der Waals surface area contributed by atoms with Crippen LogP contribution in [-0.2, 0) is 17.7 Å². The van der Waals surface area contributed by atoms with Crippen molar-refractivity contribution in [3.63, 3.8) is 0 Å². The molecule has 0 aliphatic heterocycles. The van der Waals surface area contributed by atoms with Crippen LogP contribution in [0.25, 0.3) is 5.69 Å². The molecular weight excluding hydrogens is 426 g/mol. The van der Waals surface area contributed by atoms with E-state index in [2.05, 4.69) is 17.7 Å². The molecule has 1 heterocycles. The second kappa shape index (κ2) is 11.8. The summed E-state index contributed by atoms with van der Waals surface area (Å²) in [6, 6.07) is 19.9. The Hall–Kier alpha value is -3.11. The highest BCUT2D eigenvalue weighted by atomic mass is 16.5. The van der Waals surface area contributed by atoms with Gasteiger partial charge in [-0.3, -0.25) is 4.90 Å². The molecule has 0 spiro atoms. The number of hydrogen-bond donors (Lipinski definition) is 1. The van der Waals surface area contributed by atoms with E-state index in [9.17, 15) is 5.11 Å². The number of ether oxygens (including phenoxy) is 2. The number of terminal acetylenes is 1. The first kappa shape index (κ1) is 24.0. The van der Waals surface area contributed by atoms with Gasteiger partial charge in [-0.2, -0.15) is 5.10 Å². The van der Waals surface area contributed by atoms with E-state index < -0.39 is 6.10 Å². The molecule has 0 bridgehead atoms. The second-order valence-corrected chi connectivity index (χ2v) is 8.76. The lowest BCUT2D eigenvalue weighted by atomic mass is 10.1. The van der Waals surface area contributed by atoms with E-state index in [-0.39, 0.29) is 13.2 Å². The maximum Gasteiger partial charge on any atom is 0.227 e. The van der Waals surface area contributed by atoms with E-state index in [0.29, 0.717) is 24.9 Å². The van der Waals surface area contributed by atoms with Gasteiger partial charge in [0.1, 0.15) is 12.4 Å². The maximum absolute atomic E-state index is 10.6. The van der Waals surface area contributed by atoms with Crippen molar-refractivity contribution in [2.75, 3.05) is 26.3 Å². The molecule has 1 aliphatic carbocycles. The van der Waals surface area contributed by atoms with Crippen LogP contribution in [0.4, 0.5) is 0 Å². The Kier molecular flexibility index (Phi) is 8.37. The molecule has 0 saturated heterocycles. The van der Waals surface area contributed by atoms with E-state index >= 15 is 0 Å². The molecule has 1 aromatic heterocycles. The number of hydrogen-bond acceptors (Lipinski definition) is 5. The van der Waals surface area contributed by atoms with Gasteiger partial charge in [-0.15, -0.1) is 6.42 Å². The minimum Gasteiger partial charge on any atom is -0.439 e. The maximum atomic E-state index is 10.6. The number of aliphatic hydroxyl groups is 1. The van der Waals surface area contributed by atoms with Crippen LogP contribution in [0.3, 0.4) is 0 Å². The van der Waals surface area contributed by atoms with E-state index in [0.717, 1.165) is 35.7 Å². The van der Waals surface area contributed by atoms with Gasteiger partial charge in [-0.25, -0.2) is 4.68 Å². The third-order valence-corrected chi connectivity index (χ3v) is 5.87. The number of para-hydroxylation sites is 2. The average molecular weight is 460 g/mol. The van der Waals surface area contributed by atoms with Crippen LogP contribution in [-0.4, -0.2) is 52.2 Å². The Morgan fingerprint density at radius 1 is 1.15 bits per heavy atom. The van der Waals surface area contributed by atoms with Gasteiger partial charge >= 0.3 is 0 Å². The van der Waals surface area contributed by atoms with Gasteiger partial charge in [0, 0.05) is 19.6 Å². The summed E-state index contributed by atoms with van der Waals surface area (Å²) in [6.07, 6.45) is 7.90. The highest BCUT2D eigenvalue weighted by Crippen LogP contribution is 2.34. The topological polar surface area (TPSA) is 59.8 Å². The van der Waals surface area contributed by atoms with Gasteiger partial charge in [0.05, 0.1) is 29.7 Å². The lowest BCUT2D eigenvalue weighted by molar-refractivity contribution is 0.0249. The zero-order valence-electron chi connectivity index (χ0n) is 19.8. The quantitative estimate of drug-likeness (QED) is 0.302. The molecule has 3 aromatic rings. The third kappa shape index (κ3) is 6.48. The Morgan fingerprint density at radius 2 is 1.85 bits per heavy atom. The normalized spacial score (nSPS) is 14.2. The van der Waals surface area contributed by atoms with Crippen LogP contribution in [0, 0.1) is 18.3 Å². The van der Waals surface area contributed by atoms with E-state index in [1.807, 2.05) is 65.3 Å². The van der Waals surface area contributed by atoms with Crippen molar-refractivity contribution in [1.82, 2.24) is 14.7 Å². The first-order chi connectivity index (χ1) is 16.7. The summed E-state index contributed by atoms with van der Waals surface area (Å²) < 4.78 is 13.7. The van der Waals surface area contributed by atoms with Gasteiger partial charge in [-0.05, 0) is 49.4 Å². The van der Waals surface area contributed by atoms with Gasteiger partial charge in [0.15, 0.2) is 0 Å². The van der Waals surface area contributed by atoms with Crippen molar-refractivity contribution in [1.29, 1.82) is 0 Å². The lowest BCUT2D eigenvalue weighted by Gasteiger charge is -2.25. The first-order valence-electron chi connectivity index (χ1n) is 12.0. The van der Waals surface area contributed by atoms with Gasteiger partial charge in [-0.1, -0.05) is 49.2 Å². The van der Waals surface area contributed by atoms with Crippen molar-refractivity contribution in [2.45, 2.75) is 38.8 Å². The Morgan fingerprint density at radius 3 is 2.50 bits per heavy atom. The van der Waals surface area contributed by atoms with Crippen LogP contribution in [0.15, 0.2) is 60.7 Å². The predicted octanol–water partition coefficient (Wildman–Crippen LogP) is 4.45. The largest absolute Gasteiger partial charge is 0.439 e. The van der Waals surface area contributed by atoms with Crippen LogP contribution in [0.1, 0.15) is 31.0 Å². The summed E-state index contributed by atoms with van der Waals surface area (Å²) >= 11 is 0. The highest BCUT2D eigenvalue weighted by Gasteiger charge is 2.28. The molecule has 1 atom stereocenters. The molecule has 2 aromatic carbocycles. The molecular formula is C28H33N3O3. The monoisotopic (exact) mass is 459 g/mol. The van der Waals surface area contributed by atoms with Crippen molar-refractivity contribution >= 4 is 0 Å². The lowest BCUT2D eigenvalue weighted by Crippen LogP contribution is -2.36. The van der Waals surface area contributed by atoms with Gasteiger partial charge in [0.2, 0.25) is 5.88 Å². The number of benzene rings is 2. The van der Waals surface area contributed by atoms with Crippen LogP contribution in [0.2, 0.25) is 0 Å². The van der Waals surface area contributed by atoms with Crippen LogP contribution < -0.4 is 4.74 Å². The average Bonchev–Trinajstić information content (AvgIpc) is 3.61. The first-order valence-corrected chi connectivity index (χ1v) is 12.0.